The summed E-state index contributed by atoms with van der Waals surface area (Å²) in [4.78, 5) is 15.8. The van der Waals surface area contributed by atoms with E-state index in [9.17, 15) is 4.79 Å². The Labute approximate surface area is 131 Å². The van der Waals surface area contributed by atoms with Gasteiger partial charge in [0.1, 0.15) is 0 Å². The molecule has 0 fully saturated rings. The van der Waals surface area contributed by atoms with Gasteiger partial charge in [-0.2, -0.15) is 0 Å². The Balaban J connectivity index is 2.10. The Morgan fingerprint density at radius 3 is 2.09 bits per heavy atom. The molecule has 0 spiro atoms. The lowest BCUT2D eigenvalue weighted by Crippen LogP contribution is -2.10. The monoisotopic (exact) mass is 295 g/mol. The zero-order chi connectivity index (χ0) is 16.2. The second-order valence-corrected chi connectivity index (χ2v) is 6.17. The minimum Gasteiger partial charge on any atom is -0.465 e. The molecule has 3 nitrogen and oxygen atoms in total. The number of ether oxygens (including phenoxy) is 1. The molecule has 0 saturated carbocycles. The summed E-state index contributed by atoms with van der Waals surface area (Å²) in [5, 5.41) is 0. The number of carbonyl (C=O) groups is 1. The summed E-state index contributed by atoms with van der Waals surface area (Å²) in [7, 11) is 1.37. The molecule has 114 valence electrons. The van der Waals surface area contributed by atoms with Crippen LogP contribution < -0.4 is 0 Å². The normalized spacial score (nSPS) is 11.6. The standard InChI is InChI=1S/C19H21NO2/c1-19(2,3)16-9-11-17(12-10-16)20-13-14-5-7-15(8-6-14)18(21)22-4/h5-13H,1-4H3. The van der Waals surface area contributed by atoms with E-state index in [1.807, 2.05) is 24.3 Å². The van der Waals surface area contributed by atoms with Gasteiger partial charge in [-0.15, -0.1) is 0 Å². The molecule has 0 unspecified atom stereocenters. The Bertz CT molecular complexity index is 662. The van der Waals surface area contributed by atoms with E-state index in [0.29, 0.717) is 5.56 Å². The van der Waals surface area contributed by atoms with Crippen molar-refractivity contribution in [3.63, 3.8) is 0 Å². The number of benzene rings is 2. The minimum atomic E-state index is -0.332. The highest BCUT2D eigenvalue weighted by molar-refractivity contribution is 5.90. The van der Waals surface area contributed by atoms with Crippen molar-refractivity contribution in [3.8, 4) is 0 Å². The van der Waals surface area contributed by atoms with Crippen LogP contribution in [0.4, 0.5) is 5.69 Å². The highest BCUT2D eigenvalue weighted by atomic mass is 16.5. The van der Waals surface area contributed by atoms with E-state index in [0.717, 1.165) is 11.3 Å². The molecule has 2 aromatic rings. The average molecular weight is 295 g/mol. The number of carbonyl (C=O) groups excluding carboxylic acids is 1. The van der Waals surface area contributed by atoms with Crippen molar-refractivity contribution >= 4 is 17.9 Å². The van der Waals surface area contributed by atoms with E-state index in [1.165, 1.54) is 12.7 Å². The second-order valence-electron chi connectivity index (χ2n) is 6.17. The maximum absolute atomic E-state index is 11.4. The Morgan fingerprint density at radius 2 is 1.59 bits per heavy atom. The van der Waals surface area contributed by atoms with Gasteiger partial charge < -0.3 is 4.74 Å². The van der Waals surface area contributed by atoms with Crippen LogP contribution in [-0.2, 0) is 10.2 Å². The third-order valence-corrected chi connectivity index (χ3v) is 3.43. The van der Waals surface area contributed by atoms with E-state index in [2.05, 4.69) is 42.6 Å². The molecule has 0 N–H and O–H groups in total. The van der Waals surface area contributed by atoms with Crippen LogP contribution in [0, 0.1) is 0 Å². The highest BCUT2D eigenvalue weighted by Gasteiger charge is 2.12. The lowest BCUT2D eigenvalue weighted by atomic mass is 9.87. The molecular weight excluding hydrogens is 274 g/mol. The van der Waals surface area contributed by atoms with Crippen LogP contribution in [0.5, 0.6) is 0 Å². The van der Waals surface area contributed by atoms with E-state index in [1.54, 1.807) is 18.3 Å². The van der Waals surface area contributed by atoms with Crippen LogP contribution in [0.1, 0.15) is 42.3 Å². The van der Waals surface area contributed by atoms with Gasteiger partial charge in [-0.1, -0.05) is 45.0 Å². The fraction of sp³-hybridized carbons (Fsp3) is 0.263. The van der Waals surface area contributed by atoms with Crippen molar-refractivity contribution in [1.82, 2.24) is 0 Å². The fourth-order valence-electron chi connectivity index (χ4n) is 2.02. The highest BCUT2D eigenvalue weighted by Crippen LogP contribution is 2.24. The van der Waals surface area contributed by atoms with Crippen LogP contribution in [0.3, 0.4) is 0 Å². The molecule has 0 radical (unpaired) electrons. The number of hydrogen-bond donors (Lipinski definition) is 0. The maximum atomic E-state index is 11.4. The third-order valence-electron chi connectivity index (χ3n) is 3.43. The van der Waals surface area contributed by atoms with Gasteiger partial charge in [0.25, 0.3) is 0 Å². The van der Waals surface area contributed by atoms with E-state index >= 15 is 0 Å². The summed E-state index contributed by atoms with van der Waals surface area (Å²) in [6, 6.07) is 15.4. The van der Waals surface area contributed by atoms with Crippen molar-refractivity contribution in [2.24, 2.45) is 4.99 Å². The zero-order valence-electron chi connectivity index (χ0n) is 13.5. The van der Waals surface area contributed by atoms with Gasteiger partial charge in [0.2, 0.25) is 0 Å². The first-order valence-electron chi connectivity index (χ1n) is 7.23. The van der Waals surface area contributed by atoms with Crippen LogP contribution in [0.2, 0.25) is 0 Å². The van der Waals surface area contributed by atoms with Crippen LogP contribution >= 0.6 is 0 Å². The molecule has 2 rings (SSSR count). The largest absolute Gasteiger partial charge is 0.465 e. The first kappa shape index (κ1) is 16.0. The number of methoxy groups -OCH3 is 1. The van der Waals surface area contributed by atoms with Crippen LogP contribution in [-0.4, -0.2) is 19.3 Å². The molecule has 0 aliphatic carbocycles. The molecule has 0 bridgehead atoms. The topological polar surface area (TPSA) is 38.7 Å². The lowest BCUT2D eigenvalue weighted by Gasteiger charge is -2.18. The molecule has 2 aromatic carbocycles. The molecule has 0 saturated heterocycles. The minimum absolute atomic E-state index is 0.145. The fourth-order valence-corrected chi connectivity index (χ4v) is 2.02. The molecule has 0 aromatic heterocycles. The van der Waals surface area contributed by atoms with E-state index in [-0.39, 0.29) is 11.4 Å². The maximum Gasteiger partial charge on any atom is 0.337 e. The number of rotatable bonds is 3. The number of nitrogens with zero attached hydrogens (tertiary/aromatic N) is 1. The van der Waals surface area contributed by atoms with Gasteiger partial charge in [0.05, 0.1) is 18.4 Å². The molecule has 22 heavy (non-hydrogen) atoms. The van der Waals surface area contributed by atoms with Crippen molar-refractivity contribution in [2.75, 3.05) is 7.11 Å². The first-order chi connectivity index (χ1) is 10.4. The molecule has 3 heteroatoms. The molecule has 0 aliphatic rings. The van der Waals surface area contributed by atoms with Gasteiger partial charge in [-0.3, -0.25) is 4.99 Å². The number of esters is 1. The zero-order valence-corrected chi connectivity index (χ0v) is 13.5. The smallest absolute Gasteiger partial charge is 0.337 e. The van der Waals surface area contributed by atoms with Gasteiger partial charge in [0.15, 0.2) is 0 Å². The molecule has 0 heterocycles. The molecule has 0 atom stereocenters. The van der Waals surface area contributed by atoms with Gasteiger partial charge >= 0.3 is 5.97 Å². The van der Waals surface area contributed by atoms with Gasteiger partial charge in [0, 0.05) is 6.21 Å². The Hall–Kier alpha value is -2.42. The Morgan fingerprint density at radius 1 is 1.00 bits per heavy atom. The summed E-state index contributed by atoms with van der Waals surface area (Å²) in [5.74, 6) is -0.332. The molecule has 0 aliphatic heterocycles. The molecular formula is C19H21NO2. The summed E-state index contributed by atoms with van der Waals surface area (Å²) in [5.41, 5.74) is 3.81. The first-order valence-corrected chi connectivity index (χ1v) is 7.23. The van der Waals surface area contributed by atoms with Crippen molar-refractivity contribution < 1.29 is 9.53 Å². The summed E-state index contributed by atoms with van der Waals surface area (Å²) in [6.45, 7) is 6.57. The van der Waals surface area contributed by atoms with E-state index < -0.39 is 0 Å². The third kappa shape index (κ3) is 4.04. The quantitative estimate of drug-likeness (QED) is 0.617. The summed E-state index contributed by atoms with van der Waals surface area (Å²) >= 11 is 0. The van der Waals surface area contributed by atoms with Crippen LogP contribution in [0.15, 0.2) is 53.5 Å². The van der Waals surface area contributed by atoms with Gasteiger partial charge in [-0.05, 0) is 40.8 Å². The van der Waals surface area contributed by atoms with Crippen molar-refractivity contribution in [2.45, 2.75) is 26.2 Å². The SMILES string of the molecule is COC(=O)c1ccc(C=Nc2ccc(C(C)(C)C)cc2)cc1. The number of hydrogen-bond acceptors (Lipinski definition) is 3. The Kier molecular flexibility index (Phi) is 4.76. The number of aliphatic imine (C=N–C) groups is 1. The van der Waals surface area contributed by atoms with E-state index in [4.69, 9.17) is 0 Å². The average Bonchev–Trinajstić information content (AvgIpc) is 2.52. The van der Waals surface area contributed by atoms with Crippen molar-refractivity contribution in [1.29, 1.82) is 0 Å². The summed E-state index contributed by atoms with van der Waals surface area (Å²) in [6.07, 6.45) is 1.78. The summed E-state index contributed by atoms with van der Waals surface area (Å²) < 4.78 is 4.67. The van der Waals surface area contributed by atoms with Gasteiger partial charge in [-0.25, -0.2) is 4.79 Å². The predicted molar refractivity (Wildman–Crippen MR) is 90.2 cm³/mol. The predicted octanol–water partition coefficient (Wildman–Crippen LogP) is 4.52. The van der Waals surface area contributed by atoms with Crippen LogP contribution in [0.25, 0.3) is 0 Å². The second kappa shape index (κ2) is 6.56. The molecule has 0 amide bonds. The lowest BCUT2D eigenvalue weighted by molar-refractivity contribution is 0.0600. The van der Waals surface area contributed by atoms with Crippen molar-refractivity contribution in [3.05, 3.63) is 65.2 Å².